The summed E-state index contributed by atoms with van der Waals surface area (Å²) < 4.78 is 0. The van der Waals surface area contributed by atoms with E-state index in [1.165, 1.54) is 7.05 Å². The number of hydrogen-bond acceptors (Lipinski definition) is 4. The fourth-order valence-corrected chi connectivity index (χ4v) is 0.113. The van der Waals surface area contributed by atoms with E-state index in [0.717, 1.165) is 0 Å². The third-order valence-electron chi connectivity index (χ3n) is 0.402. The lowest BCUT2D eigenvalue weighted by molar-refractivity contribution is -0.526. The summed E-state index contributed by atoms with van der Waals surface area (Å²) in [6, 6.07) is 0. The van der Waals surface area contributed by atoms with Gasteiger partial charge >= 0.3 is 6.67 Å². The molecular weight excluding hydrogens is 98.0 g/mol. The van der Waals surface area contributed by atoms with Gasteiger partial charge in [0, 0.05) is 5.18 Å². The van der Waals surface area contributed by atoms with Crippen LogP contribution in [-0.2, 0) is 0 Å². The SMILES string of the molecule is CN=[N+]([O-])CN=O. The van der Waals surface area contributed by atoms with Gasteiger partial charge in [-0.2, -0.15) is 0 Å². The van der Waals surface area contributed by atoms with Crippen molar-refractivity contribution < 1.29 is 4.86 Å². The quantitative estimate of drug-likeness (QED) is 0.218. The zero-order chi connectivity index (χ0) is 5.70. The van der Waals surface area contributed by atoms with Crippen molar-refractivity contribution in [2.24, 2.45) is 10.3 Å². The Balaban J connectivity index is 3.36. The van der Waals surface area contributed by atoms with Crippen LogP contribution in [0.1, 0.15) is 0 Å². The lowest BCUT2D eigenvalue weighted by atomic mass is 11.2. The average molecular weight is 103 g/mol. The van der Waals surface area contributed by atoms with Crippen molar-refractivity contribution in [2.45, 2.75) is 0 Å². The first-order valence-corrected chi connectivity index (χ1v) is 1.64. The predicted octanol–water partition coefficient (Wildman–Crippen LogP) is 0.303. The van der Waals surface area contributed by atoms with Gasteiger partial charge in [-0.15, -0.1) is 4.91 Å². The molecule has 0 amide bonds. The molecule has 0 N–H and O–H groups in total. The van der Waals surface area contributed by atoms with Crippen molar-refractivity contribution in [3.63, 3.8) is 0 Å². The van der Waals surface area contributed by atoms with Crippen molar-refractivity contribution in [3.05, 3.63) is 10.1 Å². The van der Waals surface area contributed by atoms with Crippen LogP contribution >= 0.6 is 0 Å². The summed E-state index contributed by atoms with van der Waals surface area (Å²) in [5, 5.41) is 15.2. The molecule has 0 radical (unpaired) electrons. The van der Waals surface area contributed by atoms with Crippen LogP contribution < -0.4 is 0 Å². The minimum atomic E-state index is -0.420. The van der Waals surface area contributed by atoms with Crippen LogP contribution in [0.15, 0.2) is 10.3 Å². The minimum Gasteiger partial charge on any atom is -0.598 e. The number of rotatable bonds is 2. The number of nitroso groups, excluding NO2 is 1. The van der Waals surface area contributed by atoms with E-state index in [2.05, 4.69) is 10.3 Å². The van der Waals surface area contributed by atoms with Crippen molar-refractivity contribution >= 4 is 0 Å². The zero-order valence-electron chi connectivity index (χ0n) is 3.87. The van der Waals surface area contributed by atoms with E-state index >= 15 is 0 Å². The second kappa shape index (κ2) is 3.20. The molecule has 0 fully saturated rings. The predicted molar refractivity (Wildman–Crippen MR) is 22.6 cm³/mol. The monoisotopic (exact) mass is 103 g/mol. The van der Waals surface area contributed by atoms with Crippen LogP contribution in [0.2, 0.25) is 0 Å². The van der Waals surface area contributed by atoms with Crippen molar-refractivity contribution in [1.82, 2.24) is 0 Å². The maximum atomic E-state index is 9.87. The van der Waals surface area contributed by atoms with Gasteiger partial charge in [0.1, 0.15) is 0 Å². The molecule has 5 heteroatoms. The second-order valence-electron chi connectivity index (χ2n) is 0.823. The number of hydrogen-bond donors (Lipinski definition) is 0. The molecule has 0 aromatic carbocycles. The van der Waals surface area contributed by atoms with Crippen LogP contribution in [0.25, 0.3) is 0 Å². The van der Waals surface area contributed by atoms with E-state index in [0.29, 0.717) is 0 Å². The molecule has 0 aliphatic heterocycles. The third-order valence-corrected chi connectivity index (χ3v) is 0.402. The highest BCUT2D eigenvalue weighted by Gasteiger charge is 1.84. The van der Waals surface area contributed by atoms with E-state index in [-0.39, 0.29) is 4.86 Å². The molecule has 0 aliphatic carbocycles. The van der Waals surface area contributed by atoms with Crippen LogP contribution in [0.3, 0.4) is 0 Å². The molecule has 7 heavy (non-hydrogen) atoms. The summed E-state index contributed by atoms with van der Waals surface area (Å²) >= 11 is 0. The normalized spacial score (nSPS) is 11.3. The van der Waals surface area contributed by atoms with Crippen molar-refractivity contribution in [3.8, 4) is 0 Å². The molecule has 0 heterocycles. The van der Waals surface area contributed by atoms with Gasteiger partial charge in [-0.1, -0.05) is 4.86 Å². The van der Waals surface area contributed by atoms with Crippen LogP contribution in [0.4, 0.5) is 0 Å². The van der Waals surface area contributed by atoms with E-state index in [1.807, 2.05) is 0 Å². The summed E-state index contributed by atoms with van der Waals surface area (Å²) in [4.78, 5) is 9.42. The fraction of sp³-hybridized carbons (Fsp3) is 1.00. The molecule has 0 saturated carbocycles. The Labute approximate surface area is 40.2 Å². The average Bonchev–Trinajstić information content (AvgIpc) is 1.68. The smallest absolute Gasteiger partial charge is 0.309 e. The lowest BCUT2D eigenvalue weighted by Crippen LogP contribution is -1.96. The Morgan fingerprint density at radius 2 is 2.43 bits per heavy atom. The Kier molecular flexibility index (Phi) is 2.74. The molecule has 0 unspecified atom stereocenters. The first-order valence-electron chi connectivity index (χ1n) is 1.64. The molecule has 0 spiro atoms. The van der Waals surface area contributed by atoms with Gasteiger partial charge in [-0.25, -0.2) is 0 Å². The van der Waals surface area contributed by atoms with Gasteiger partial charge in [0.25, 0.3) is 0 Å². The molecule has 0 saturated heterocycles. The number of nitrogens with zero attached hydrogens (tertiary/aromatic N) is 3. The van der Waals surface area contributed by atoms with Crippen LogP contribution in [-0.4, -0.2) is 18.6 Å². The van der Waals surface area contributed by atoms with E-state index in [1.54, 1.807) is 0 Å². The van der Waals surface area contributed by atoms with Gasteiger partial charge < -0.3 is 5.21 Å². The Morgan fingerprint density at radius 1 is 1.86 bits per heavy atom. The molecule has 0 aromatic rings. The third kappa shape index (κ3) is 2.81. The highest BCUT2D eigenvalue weighted by Crippen LogP contribution is 1.70. The van der Waals surface area contributed by atoms with Crippen molar-refractivity contribution in [2.75, 3.05) is 13.7 Å². The highest BCUT2D eigenvalue weighted by molar-refractivity contribution is 4.15. The van der Waals surface area contributed by atoms with Gasteiger partial charge in [0.15, 0.2) is 0 Å². The van der Waals surface area contributed by atoms with Gasteiger partial charge in [-0.3, -0.25) is 0 Å². The fourth-order valence-electron chi connectivity index (χ4n) is 0.113. The first kappa shape index (κ1) is 6.00. The van der Waals surface area contributed by atoms with Crippen LogP contribution in [0, 0.1) is 10.1 Å². The molecule has 0 atom stereocenters. The van der Waals surface area contributed by atoms with Gasteiger partial charge in [0.2, 0.25) is 0 Å². The van der Waals surface area contributed by atoms with Gasteiger partial charge in [0.05, 0.1) is 7.05 Å². The summed E-state index contributed by atoms with van der Waals surface area (Å²) in [5.74, 6) is 0. The maximum absolute atomic E-state index is 9.87. The molecule has 0 aromatic heterocycles. The van der Waals surface area contributed by atoms with E-state index in [9.17, 15) is 10.1 Å². The highest BCUT2D eigenvalue weighted by atomic mass is 16.5. The largest absolute Gasteiger partial charge is 0.598 e. The Hall–Kier alpha value is -1.00. The molecule has 0 bridgehead atoms. The molecular formula is C2H5N3O2. The standard InChI is InChI=1S/C2H5N3O2/c1-3-5(7)2-4-6/h2H2,1H3. The summed E-state index contributed by atoms with van der Waals surface area (Å²) in [6.45, 7) is -0.420. The maximum Gasteiger partial charge on any atom is 0.309 e. The minimum absolute atomic E-state index is 0.201. The number of hydroxylamine groups is 1. The van der Waals surface area contributed by atoms with E-state index < -0.39 is 6.67 Å². The Morgan fingerprint density at radius 3 is 2.57 bits per heavy atom. The van der Waals surface area contributed by atoms with Crippen molar-refractivity contribution in [1.29, 1.82) is 0 Å². The summed E-state index contributed by atoms with van der Waals surface area (Å²) in [5.41, 5.74) is 0. The molecule has 0 aliphatic rings. The second-order valence-corrected chi connectivity index (χ2v) is 0.823. The molecule has 40 valence electrons. The summed E-state index contributed by atoms with van der Waals surface area (Å²) in [6.07, 6.45) is 0. The topological polar surface area (TPSA) is 67.9 Å². The lowest BCUT2D eigenvalue weighted by Gasteiger charge is -1.87. The van der Waals surface area contributed by atoms with Crippen LogP contribution in [0.5, 0.6) is 0 Å². The molecule has 5 nitrogen and oxygen atoms in total. The summed E-state index contributed by atoms with van der Waals surface area (Å²) in [7, 11) is 1.29. The first-order chi connectivity index (χ1) is 3.31. The molecule has 0 rings (SSSR count). The Bertz CT molecular complexity index is 88.9. The van der Waals surface area contributed by atoms with Gasteiger partial charge in [-0.05, 0) is 5.11 Å². The zero-order valence-corrected chi connectivity index (χ0v) is 3.87. The number of azo groups is 1. The van der Waals surface area contributed by atoms with E-state index in [4.69, 9.17) is 0 Å².